The summed E-state index contributed by atoms with van der Waals surface area (Å²) in [6.07, 6.45) is -0.862. The number of carbonyl (C=O) groups excluding carboxylic acids is 1. The summed E-state index contributed by atoms with van der Waals surface area (Å²) in [6, 6.07) is 15.7. The number of hydrogen-bond donors (Lipinski definition) is 2. The highest BCUT2D eigenvalue weighted by Gasteiger charge is 2.29. The number of amides is 1. The number of aromatic nitrogens is 2. The van der Waals surface area contributed by atoms with Gasteiger partial charge in [0.1, 0.15) is 6.07 Å². The molecule has 3 heterocycles. The van der Waals surface area contributed by atoms with E-state index in [1.807, 2.05) is 54.1 Å². The van der Waals surface area contributed by atoms with E-state index in [4.69, 9.17) is 27.3 Å². The number of benzene rings is 2. The Morgan fingerprint density at radius 3 is 2.67 bits per heavy atom. The van der Waals surface area contributed by atoms with Crippen molar-refractivity contribution in [3.63, 3.8) is 0 Å². The molecule has 2 aliphatic rings. The Bertz CT molecular complexity index is 1390. The zero-order chi connectivity index (χ0) is 27.5. The second kappa shape index (κ2) is 11.6. The van der Waals surface area contributed by atoms with Gasteiger partial charge in [0.05, 0.1) is 36.1 Å². The first kappa shape index (κ1) is 27.0. The third-order valence-electron chi connectivity index (χ3n) is 7.34. The number of para-hydroxylation sites is 1. The van der Waals surface area contributed by atoms with Crippen LogP contribution in [0, 0.1) is 18.3 Å². The molecule has 0 spiro atoms. The number of anilines is 1. The maximum absolute atomic E-state index is 11.4. The summed E-state index contributed by atoms with van der Waals surface area (Å²) in [7, 11) is 0. The van der Waals surface area contributed by atoms with Crippen LogP contribution in [0.3, 0.4) is 0 Å². The molecule has 10 nitrogen and oxygen atoms in total. The third-order valence-corrected chi connectivity index (χ3v) is 7.76. The van der Waals surface area contributed by atoms with Gasteiger partial charge in [-0.2, -0.15) is 10.4 Å². The zero-order valence-electron chi connectivity index (χ0n) is 21.9. The molecule has 2 aromatic carbocycles. The molecule has 1 unspecified atom stereocenters. The van der Waals surface area contributed by atoms with Crippen LogP contribution in [-0.2, 0) is 24.3 Å². The Labute approximate surface area is 232 Å². The van der Waals surface area contributed by atoms with Crippen molar-refractivity contribution < 1.29 is 14.7 Å². The Hall–Kier alpha value is -3.62. The molecule has 0 radical (unpaired) electrons. The number of halogens is 1. The van der Waals surface area contributed by atoms with Gasteiger partial charge in [-0.05, 0) is 36.8 Å². The number of aryl methyl sites for hydroxylation is 1. The van der Waals surface area contributed by atoms with Crippen LogP contribution < -0.4 is 10.6 Å². The average molecular weight is 550 g/mol. The van der Waals surface area contributed by atoms with Crippen molar-refractivity contribution in [3.8, 4) is 17.3 Å². The van der Waals surface area contributed by atoms with Crippen LogP contribution in [0.15, 0.2) is 42.5 Å². The number of primary amides is 1. The quantitative estimate of drug-likeness (QED) is 0.461. The van der Waals surface area contributed by atoms with Gasteiger partial charge in [0.25, 0.3) is 0 Å². The minimum Gasteiger partial charge on any atom is -0.390 e. The lowest BCUT2D eigenvalue weighted by molar-refractivity contribution is -0.107. The number of nitrogens with two attached hydrogens (primary N) is 1. The number of aliphatic hydroxyl groups is 1. The third kappa shape index (κ3) is 6.02. The van der Waals surface area contributed by atoms with Crippen molar-refractivity contribution in [3.05, 3.63) is 69.9 Å². The molecule has 1 saturated heterocycles. The van der Waals surface area contributed by atoms with Crippen molar-refractivity contribution in [2.45, 2.75) is 32.5 Å². The Morgan fingerprint density at radius 1 is 1.18 bits per heavy atom. The highest BCUT2D eigenvalue weighted by Crippen LogP contribution is 2.32. The summed E-state index contributed by atoms with van der Waals surface area (Å²) in [6.45, 7) is 6.83. The van der Waals surface area contributed by atoms with Gasteiger partial charge in [-0.1, -0.05) is 29.8 Å². The summed E-state index contributed by atoms with van der Waals surface area (Å²) in [5.41, 5.74) is 11.5. The summed E-state index contributed by atoms with van der Waals surface area (Å²) in [5.74, 6) is 0. The molecule has 3 N–H and O–H groups in total. The number of carbonyl (C=O) groups is 1. The first-order valence-corrected chi connectivity index (χ1v) is 13.4. The summed E-state index contributed by atoms with van der Waals surface area (Å²) in [5, 5.41) is 27.6. The van der Waals surface area contributed by atoms with Gasteiger partial charge >= 0.3 is 6.09 Å². The van der Waals surface area contributed by atoms with Crippen molar-refractivity contribution in [2.24, 2.45) is 5.73 Å². The maximum Gasteiger partial charge on any atom is 0.423 e. The van der Waals surface area contributed by atoms with Gasteiger partial charge in [-0.25, -0.2) is 4.79 Å². The SMILES string of the molecule is Cc1cc(-c2nn(CC(O)CN3CCN(c4ccccc4C#N)CC3)c3c2CN(OC(N)=O)CC3)ccc1Cl. The predicted octanol–water partition coefficient (Wildman–Crippen LogP) is 2.94. The number of hydroxylamine groups is 2. The lowest BCUT2D eigenvalue weighted by Gasteiger charge is -2.37. The lowest BCUT2D eigenvalue weighted by Crippen LogP contribution is -2.49. The van der Waals surface area contributed by atoms with Crippen LogP contribution >= 0.6 is 11.6 Å². The van der Waals surface area contributed by atoms with Crippen LogP contribution in [0.4, 0.5) is 10.5 Å². The molecule has 11 heteroatoms. The summed E-state index contributed by atoms with van der Waals surface area (Å²) >= 11 is 6.26. The van der Waals surface area contributed by atoms with E-state index >= 15 is 0 Å². The number of rotatable bonds is 7. The molecule has 0 saturated carbocycles. The van der Waals surface area contributed by atoms with E-state index in [0.29, 0.717) is 43.2 Å². The molecule has 39 heavy (non-hydrogen) atoms. The number of fused-ring (bicyclic) bond motifs is 1. The van der Waals surface area contributed by atoms with E-state index in [0.717, 1.165) is 59.9 Å². The van der Waals surface area contributed by atoms with Gasteiger partial charge in [0.2, 0.25) is 0 Å². The van der Waals surface area contributed by atoms with Gasteiger partial charge < -0.3 is 20.6 Å². The number of piperazine rings is 1. The minimum atomic E-state index is -0.846. The number of hydrogen-bond acceptors (Lipinski definition) is 8. The number of nitrogens with zero attached hydrogens (tertiary/aromatic N) is 6. The van der Waals surface area contributed by atoms with Gasteiger partial charge in [0.15, 0.2) is 0 Å². The predicted molar refractivity (Wildman–Crippen MR) is 148 cm³/mol. The smallest absolute Gasteiger partial charge is 0.390 e. The van der Waals surface area contributed by atoms with Crippen molar-refractivity contribution in [1.29, 1.82) is 5.26 Å². The summed E-state index contributed by atoms with van der Waals surface area (Å²) < 4.78 is 1.89. The molecule has 1 amide bonds. The van der Waals surface area contributed by atoms with Gasteiger partial charge in [-0.15, -0.1) is 5.06 Å². The minimum absolute atomic E-state index is 0.350. The van der Waals surface area contributed by atoms with Gasteiger partial charge in [0, 0.05) is 67.5 Å². The van der Waals surface area contributed by atoms with Crippen LogP contribution in [0.5, 0.6) is 0 Å². The van der Waals surface area contributed by atoms with Crippen LogP contribution in [0.1, 0.15) is 22.4 Å². The van der Waals surface area contributed by atoms with E-state index in [2.05, 4.69) is 15.9 Å². The van der Waals surface area contributed by atoms with Gasteiger partial charge in [-0.3, -0.25) is 9.58 Å². The molecule has 0 bridgehead atoms. The fraction of sp³-hybridized carbons (Fsp3) is 0.393. The molecule has 1 atom stereocenters. The second-order valence-electron chi connectivity index (χ2n) is 10.0. The number of nitriles is 1. The molecular weight excluding hydrogens is 518 g/mol. The zero-order valence-corrected chi connectivity index (χ0v) is 22.6. The maximum atomic E-state index is 11.4. The van der Waals surface area contributed by atoms with E-state index in [9.17, 15) is 15.2 Å². The highest BCUT2D eigenvalue weighted by atomic mass is 35.5. The molecule has 1 fully saturated rings. The molecule has 204 valence electrons. The monoisotopic (exact) mass is 549 g/mol. The number of β-amino-alcohol motifs (C(OH)–C–C–N with tert-alkyl or cyclic N) is 1. The molecule has 0 aliphatic carbocycles. The Balaban J connectivity index is 1.29. The van der Waals surface area contributed by atoms with E-state index in [1.165, 1.54) is 0 Å². The lowest BCUT2D eigenvalue weighted by atomic mass is 10.0. The molecular formula is C28H32ClN7O3. The average Bonchev–Trinajstić information content (AvgIpc) is 3.27. The fourth-order valence-corrected chi connectivity index (χ4v) is 5.53. The van der Waals surface area contributed by atoms with Crippen LogP contribution in [0.2, 0.25) is 5.02 Å². The van der Waals surface area contributed by atoms with Crippen LogP contribution in [0.25, 0.3) is 11.3 Å². The van der Waals surface area contributed by atoms with E-state index < -0.39 is 12.2 Å². The Kier molecular flexibility index (Phi) is 8.04. The van der Waals surface area contributed by atoms with E-state index in [1.54, 1.807) is 5.06 Å². The highest BCUT2D eigenvalue weighted by molar-refractivity contribution is 6.31. The van der Waals surface area contributed by atoms with Crippen molar-refractivity contribution in [2.75, 3.05) is 44.2 Å². The summed E-state index contributed by atoms with van der Waals surface area (Å²) in [4.78, 5) is 21.0. The van der Waals surface area contributed by atoms with Crippen molar-refractivity contribution >= 4 is 23.4 Å². The first-order chi connectivity index (χ1) is 18.8. The molecule has 5 rings (SSSR count). The second-order valence-corrected chi connectivity index (χ2v) is 10.4. The van der Waals surface area contributed by atoms with Crippen molar-refractivity contribution in [1.82, 2.24) is 19.7 Å². The topological polar surface area (TPSA) is 124 Å². The largest absolute Gasteiger partial charge is 0.423 e. The normalized spacial score (nSPS) is 16.9. The fourth-order valence-electron chi connectivity index (χ4n) is 5.42. The molecule has 3 aromatic rings. The number of aliphatic hydroxyl groups excluding tert-OH is 1. The van der Waals surface area contributed by atoms with Crippen LogP contribution in [-0.4, -0.2) is 76.3 Å². The first-order valence-electron chi connectivity index (χ1n) is 13.0. The van der Waals surface area contributed by atoms with E-state index in [-0.39, 0.29) is 0 Å². The standard InChI is InChI=1S/C28H32ClN7O3/c1-19-14-20(6-7-24(19)29)27-23-18-35(39-28(31)38)9-8-26(23)36(32-27)17-22(37)16-33-10-12-34(13-11-33)25-5-3-2-4-21(25)15-30/h2-7,14,22,37H,8-13,16-18H2,1H3,(H2,31,38). The molecule has 1 aromatic heterocycles. The molecule has 2 aliphatic heterocycles. The Morgan fingerprint density at radius 2 is 1.95 bits per heavy atom.